The van der Waals surface area contributed by atoms with Crippen LogP contribution in [-0.2, 0) is 9.09 Å². The molecule has 0 saturated heterocycles. The van der Waals surface area contributed by atoms with Crippen LogP contribution in [-0.4, -0.2) is 16.4 Å². The largest absolute Gasteiger partial charge is 0.469 e. The average molecular weight is 180 g/mol. The molecule has 0 aliphatic rings. The van der Waals surface area contributed by atoms with Gasteiger partial charge in [-0.3, -0.25) is 4.52 Å². The van der Waals surface area contributed by atoms with Crippen LogP contribution in [0.15, 0.2) is 11.6 Å². The summed E-state index contributed by atoms with van der Waals surface area (Å²) in [7, 11) is -4.26. The first-order chi connectivity index (χ1) is 4.95. The first-order valence-electron chi connectivity index (χ1n) is 3.27. The molecule has 0 atom stereocenters. The molecule has 0 heterocycles. The molecule has 0 aliphatic heterocycles. The maximum atomic E-state index is 10.2. The molecule has 0 fully saturated rings. The fourth-order valence-corrected chi connectivity index (χ4v) is 0.799. The van der Waals surface area contributed by atoms with Crippen molar-refractivity contribution in [2.45, 2.75) is 20.3 Å². The zero-order valence-corrected chi connectivity index (χ0v) is 7.54. The SMILES string of the molecule is CC=C(C)CCOP(=O)(O)O. The number of phosphoric ester groups is 1. The molecule has 11 heavy (non-hydrogen) atoms. The number of allylic oxidation sites excluding steroid dienone is 1. The molecule has 0 aliphatic carbocycles. The lowest BCUT2D eigenvalue weighted by molar-refractivity contribution is 0.199. The second kappa shape index (κ2) is 4.67. The number of phosphoric acid groups is 1. The second-order valence-electron chi connectivity index (χ2n) is 2.21. The lowest BCUT2D eigenvalue weighted by atomic mass is 10.2. The van der Waals surface area contributed by atoms with Crippen LogP contribution in [0.25, 0.3) is 0 Å². The predicted octanol–water partition coefficient (Wildman–Crippen LogP) is 1.45. The lowest BCUT2D eigenvalue weighted by Crippen LogP contribution is -1.92. The highest BCUT2D eigenvalue weighted by Gasteiger charge is 2.12. The molecule has 5 heteroatoms. The van der Waals surface area contributed by atoms with Crippen molar-refractivity contribution in [1.82, 2.24) is 0 Å². The van der Waals surface area contributed by atoms with E-state index in [0.29, 0.717) is 6.42 Å². The maximum absolute atomic E-state index is 10.2. The highest BCUT2D eigenvalue weighted by atomic mass is 31.2. The van der Waals surface area contributed by atoms with Crippen LogP contribution in [0.2, 0.25) is 0 Å². The van der Waals surface area contributed by atoms with Crippen molar-refractivity contribution in [2.24, 2.45) is 0 Å². The summed E-state index contributed by atoms with van der Waals surface area (Å²) in [6.07, 6.45) is 2.44. The first kappa shape index (κ1) is 10.8. The summed E-state index contributed by atoms with van der Waals surface area (Å²) in [5.41, 5.74) is 1.05. The summed E-state index contributed by atoms with van der Waals surface area (Å²) in [4.78, 5) is 16.5. The van der Waals surface area contributed by atoms with Crippen LogP contribution in [0.3, 0.4) is 0 Å². The third-order valence-corrected chi connectivity index (χ3v) is 1.77. The minimum atomic E-state index is -4.26. The highest BCUT2D eigenvalue weighted by molar-refractivity contribution is 7.46. The van der Waals surface area contributed by atoms with Crippen LogP contribution >= 0.6 is 7.82 Å². The van der Waals surface area contributed by atoms with Gasteiger partial charge < -0.3 is 9.79 Å². The van der Waals surface area contributed by atoms with Gasteiger partial charge >= 0.3 is 7.82 Å². The summed E-state index contributed by atoms with van der Waals surface area (Å²) in [5, 5.41) is 0. The molecule has 0 spiro atoms. The van der Waals surface area contributed by atoms with Crippen molar-refractivity contribution in [3.63, 3.8) is 0 Å². The van der Waals surface area contributed by atoms with Crippen molar-refractivity contribution < 1.29 is 18.9 Å². The Labute approximate surface area is 66.1 Å². The quantitative estimate of drug-likeness (QED) is 0.507. The van der Waals surface area contributed by atoms with Crippen molar-refractivity contribution in [1.29, 1.82) is 0 Å². The van der Waals surface area contributed by atoms with Gasteiger partial charge in [-0.25, -0.2) is 4.57 Å². The van der Waals surface area contributed by atoms with Crippen LogP contribution in [0.4, 0.5) is 0 Å². The normalized spacial score (nSPS) is 13.6. The fourth-order valence-electron chi connectivity index (χ4n) is 0.470. The van der Waals surface area contributed by atoms with E-state index in [9.17, 15) is 4.57 Å². The molecule has 4 nitrogen and oxygen atoms in total. The van der Waals surface area contributed by atoms with Crippen molar-refractivity contribution in [2.75, 3.05) is 6.61 Å². The smallest absolute Gasteiger partial charge is 0.303 e. The van der Waals surface area contributed by atoms with Gasteiger partial charge in [0.25, 0.3) is 0 Å². The van der Waals surface area contributed by atoms with E-state index in [-0.39, 0.29) is 6.61 Å². The molecule has 0 aromatic rings. The van der Waals surface area contributed by atoms with Gasteiger partial charge in [-0.15, -0.1) is 0 Å². The number of hydrogen-bond acceptors (Lipinski definition) is 2. The van der Waals surface area contributed by atoms with Gasteiger partial charge in [-0.05, 0) is 20.3 Å². The van der Waals surface area contributed by atoms with Gasteiger partial charge in [0.2, 0.25) is 0 Å². The molecule has 66 valence electrons. The molecule has 0 aromatic carbocycles. The lowest BCUT2D eigenvalue weighted by Gasteiger charge is -2.04. The van der Waals surface area contributed by atoms with E-state index in [4.69, 9.17) is 9.79 Å². The molecule has 0 saturated carbocycles. The topological polar surface area (TPSA) is 66.8 Å². The molecule has 0 aromatic heterocycles. The first-order valence-corrected chi connectivity index (χ1v) is 4.80. The number of rotatable bonds is 4. The van der Waals surface area contributed by atoms with Gasteiger partial charge in [-0.2, -0.15) is 0 Å². The Morgan fingerprint density at radius 2 is 2.18 bits per heavy atom. The van der Waals surface area contributed by atoms with E-state index in [1.165, 1.54) is 0 Å². The summed E-state index contributed by atoms with van der Waals surface area (Å²) in [5.74, 6) is 0. The third kappa shape index (κ3) is 7.75. The van der Waals surface area contributed by atoms with Gasteiger partial charge in [0.1, 0.15) is 0 Å². The maximum Gasteiger partial charge on any atom is 0.469 e. The van der Waals surface area contributed by atoms with E-state index in [2.05, 4.69) is 4.52 Å². The second-order valence-corrected chi connectivity index (χ2v) is 3.45. The molecule has 2 N–H and O–H groups in total. The van der Waals surface area contributed by atoms with Crippen LogP contribution in [0, 0.1) is 0 Å². The highest BCUT2D eigenvalue weighted by Crippen LogP contribution is 2.35. The Morgan fingerprint density at radius 1 is 1.64 bits per heavy atom. The third-order valence-electron chi connectivity index (χ3n) is 1.25. The summed E-state index contributed by atoms with van der Waals surface area (Å²) in [6.45, 7) is 3.82. The molecule has 0 rings (SSSR count). The Kier molecular flexibility index (Phi) is 4.61. The van der Waals surface area contributed by atoms with Gasteiger partial charge in [-0.1, -0.05) is 11.6 Å². The van der Waals surface area contributed by atoms with Crippen molar-refractivity contribution >= 4 is 7.82 Å². The van der Waals surface area contributed by atoms with Gasteiger partial charge in [0.15, 0.2) is 0 Å². The Balaban J connectivity index is 3.51. The standard InChI is InChI=1S/C6H13O4P/c1-3-6(2)4-5-10-11(7,8)9/h3H,4-5H2,1-2H3,(H2,7,8,9). The minimum absolute atomic E-state index is 0.0699. The Bertz CT molecular complexity index is 181. The molecular weight excluding hydrogens is 167 g/mol. The molecule has 0 radical (unpaired) electrons. The monoisotopic (exact) mass is 180 g/mol. The van der Waals surface area contributed by atoms with Crippen molar-refractivity contribution in [3.8, 4) is 0 Å². The Hall–Kier alpha value is -0.150. The fraction of sp³-hybridized carbons (Fsp3) is 0.667. The van der Waals surface area contributed by atoms with Crippen LogP contribution in [0.1, 0.15) is 20.3 Å². The Morgan fingerprint density at radius 3 is 2.55 bits per heavy atom. The predicted molar refractivity (Wildman–Crippen MR) is 42.0 cm³/mol. The zero-order valence-electron chi connectivity index (χ0n) is 6.65. The molecular formula is C6H13O4P. The van der Waals surface area contributed by atoms with E-state index in [0.717, 1.165) is 5.57 Å². The minimum Gasteiger partial charge on any atom is -0.303 e. The average Bonchev–Trinajstić information content (AvgIpc) is 1.85. The van der Waals surface area contributed by atoms with Gasteiger partial charge in [0.05, 0.1) is 6.61 Å². The van der Waals surface area contributed by atoms with Crippen molar-refractivity contribution in [3.05, 3.63) is 11.6 Å². The van der Waals surface area contributed by atoms with E-state index >= 15 is 0 Å². The van der Waals surface area contributed by atoms with Gasteiger partial charge in [0, 0.05) is 0 Å². The molecule has 0 amide bonds. The summed E-state index contributed by atoms with van der Waals surface area (Å²) in [6, 6.07) is 0. The molecule has 0 unspecified atom stereocenters. The zero-order chi connectivity index (χ0) is 8.91. The van der Waals surface area contributed by atoms with Crippen LogP contribution < -0.4 is 0 Å². The van der Waals surface area contributed by atoms with E-state index in [1.54, 1.807) is 0 Å². The number of hydrogen-bond donors (Lipinski definition) is 2. The van der Waals surface area contributed by atoms with E-state index in [1.807, 2.05) is 19.9 Å². The summed E-state index contributed by atoms with van der Waals surface area (Å²) >= 11 is 0. The van der Waals surface area contributed by atoms with Crippen LogP contribution in [0.5, 0.6) is 0 Å². The van der Waals surface area contributed by atoms with E-state index < -0.39 is 7.82 Å². The molecule has 0 bridgehead atoms. The summed E-state index contributed by atoms with van der Waals surface area (Å²) < 4.78 is 14.4.